The van der Waals surface area contributed by atoms with Crippen molar-refractivity contribution in [3.8, 4) is 0 Å². The van der Waals surface area contributed by atoms with E-state index in [1.165, 1.54) is 0 Å². The van der Waals surface area contributed by atoms with Crippen molar-refractivity contribution in [3.05, 3.63) is 0 Å². The summed E-state index contributed by atoms with van der Waals surface area (Å²) in [6, 6.07) is -1.09. The van der Waals surface area contributed by atoms with Crippen molar-refractivity contribution in [1.29, 1.82) is 0 Å². The van der Waals surface area contributed by atoms with Crippen molar-refractivity contribution in [2.75, 3.05) is 0 Å². The Kier molecular flexibility index (Phi) is 6.04. The maximum absolute atomic E-state index is 11.8. The summed E-state index contributed by atoms with van der Waals surface area (Å²) in [7, 11) is -3.72. The van der Waals surface area contributed by atoms with Gasteiger partial charge in [-0.05, 0) is 19.3 Å². The lowest BCUT2D eigenvalue weighted by Gasteiger charge is -2.17. The maximum atomic E-state index is 11.8. The SMILES string of the molecule is CCCC[C@H](NS(=O)(=O)NC1CCCC1)C(=O)O. The van der Waals surface area contributed by atoms with E-state index < -0.39 is 22.2 Å². The van der Waals surface area contributed by atoms with Crippen LogP contribution >= 0.6 is 0 Å². The molecule has 0 spiro atoms. The highest BCUT2D eigenvalue weighted by molar-refractivity contribution is 7.87. The first-order valence-corrected chi connectivity index (χ1v) is 7.95. The fraction of sp³-hybridized carbons (Fsp3) is 0.909. The largest absolute Gasteiger partial charge is 0.480 e. The van der Waals surface area contributed by atoms with Gasteiger partial charge < -0.3 is 5.11 Å². The second-order valence-corrected chi connectivity index (χ2v) is 6.23. The number of hydrogen-bond acceptors (Lipinski definition) is 3. The number of carbonyl (C=O) groups is 1. The number of rotatable bonds is 8. The Labute approximate surface area is 108 Å². The minimum absolute atomic E-state index is 0.0527. The number of unbranched alkanes of at least 4 members (excludes halogenated alkanes) is 1. The smallest absolute Gasteiger partial charge is 0.321 e. The molecule has 1 aliphatic rings. The first-order chi connectivity index (χ1) is 8.44. The molecule has 0 aliphatic heterocycles. The second kappa shape index (κ2) is 7.06. The highest BCUT2D eigenvalue weighted by Gasteiger charge is 2.26. The van der Waals surface area contributed by atoms with Gasteiger partial charge in [-0.25, -0.2) is 0 Å². The van der Waals surface area contributed by atoms with Crippen LogP contribution in [0, 0.1) is 0 Å². The highest BCUT2D eigenvalue weighted by atomic mass is 32.2. The van der Waals surface area contributed by atoms with Crippen molar-refractivity contribution >= 4 is 16.2 Å². The molecule has 106 valence electrons. The summed E-state index contributed by atoms with van der Waals surface area (Å²) in [4.78, 5) is 11.0. The summed E-state index contributed by atoms with van der Waals surface area (Å²) in [6.07, 6.45) is 5.53. The zero-order chi connectivity index (χ0) is 13.6. The minimum Gasteiger partial charge on any atom is -0.480 e. The van der Waals surface area contributed by atoms with Gasteiger partial charge in [0.25, 0.3) is 10.2 Å². The summed E-state index contributed by atoms with van der Waals surface area (Å²) in [6.45, 7) is 1.93. The Morgan fingerprint density at radius 2 is 2.00 bits per heavy atom. The lowest BCUT2D eigenvalue weighted by atomic mass is 10.1. The summed E-state index contributed by atoms with van der Waals surface area (Å²) >= 11 is 0. The first kappa shape index (κ1) is 15.4. The molecule has 0 aromatic carbocycles. The van der Waals surface area contributed by atoms with Crippen LogP contribution in [0.15, 0.2) is 0 Å². The van der Waals surface area contributed by atoms with E-state index in [1.54, 1.807) is 0 Å². The number of hydrogen-bond donors (Lipinski definition) is 3. The molecule has 18 heavy (non-hydrogen) atoms. The average molecular weight is 278 g/mol. The van der Waals surface area contributed by atoms with Crippen LogP contribution < -0.4 is 9.44 Å². The molecule has 0 bridgehead atoms. The van der Waals surface area contributed by atoms with Crippen molar-refractivity contribution in [2.45, 2.75) is 64.0 Å². The molecule has 6 nitrogen and oxygen atoms in total. The van der Waals surface area contributed by atoms with E-state index in [1.807, 2.05) is 6.92 Å². The van der Waals surface area contributed by atoms with Crippen molar-refractivity contribution in [1.82, 2.24) is 9.44 Å². The monoisotopic (exact) mass is 278 g/mol. The van der Waals surface area contributed by atoms with Crippen LogP contribution in [0.2, 0.25) is 0 Å². The zero-order valence-corrected chi connectivity index (χ0v) is 11.5. The molecule has 1 fully saturated rings. The first-order valence-electron chi connectivity index (χ1n) is 6.47. The Morgan fingerprint density at radius 1 is 1.39 bits per heavy atom. The van der Waals surface area contributed by atoms with Gasteiger partial charge in [-0.2, -0.15) is 17.9 Å². The standard InChI is InChI=1S/C11H22N2O4S/c1-2-3-8-10(11(14)15)13-18(16,17)12-9-6-4-5-7-9/h9-10,12-13H,2-8H2,1H3,(H,14,15)/t10-/m0/s1. The Morgan fingerprint density at radius 3 is 2.50 bits per heavy atom. The van der Waals surface area contributed by atoms with E-state index in [2.05, 4.69) is 9.44 Å². The van der Waals surface area contributed by atoms with Crippen LogP contribution in [-0.2, 0) is 15.0 Å². The lowest BCUT2D eigenvalue weighted by molar-refractivity contribution is -0.139. The summed E-state index contributed by atoms with van der Waals surface area (Å²) in [5.74, 6) is -1.12. The van der Waals surface area contributed by atoms with Gasteiger partial charge in [0, 0.05) is 6.04 Å². The predicted octanol–water partition coefficient (Wildman–Crippen LogP) is 0.996. The molecular weight excluding hydrogens is 256 g/mol. The molecular formula is C11H22N2O4S. The molecule has 0 aromatic heterocycles. The average Bonchev–Trinajstić information content (AvgIpc) is 2.75. The lowest BCUT2D eigenvalue weighted by Crippen LogP contribution is -2.48. The van der Waals surface area contributed by atoms with Gasteiger partial charge in [-0.1, -0.05) is 32.6 Å². The van der Waals surface area contributed by atoms with Gasteiger partial charge >= 0.3 is 5.97 Å². The number of carboxylic acid groups (broad SMARTS) is 1. The molecule has 0 aromatic rings. The minimum atomic E-state index is -3.72. The Bertz CT molecular complexity index is 363. The third-order valence-corrected chi connectivity index (χ3v) is 4.36. The molecule has 1 rings (SSSR count). The van der Waals surface area contributed by atoms with E-state index in [0.717, 1.165) is 32.1 Å². The Balaban J connectivity index is 2.52. The third kappa shape index (κ3) is 5.32. The molecule has 3 N–H and O–H groups in total. The molecule has 7 heteroatoms. The van der Waals surface area contributed by atoms with Gasteiger partial charge in [0.15, 0.2) is 0 Å². The van der Waals surface area contributed by atoms with Crippen molar-refractivity contribution in [3.63, 3.8) is 0 Å². The number of nitrogens with one attached hydrogen (secondary N) is 2. The van der Waals surface area contributed by atoms with E-state index in [-0.39, 0.29) is 6.04 Å². The molecule has 0 saturated heterocycles. The van der Waals surface area contributed by atoms with Gasteiger partial charge in [0.1, 0.15) is 6.04 Å². The van der Waals surface area contributed by atoms with Crippen LogP contribution in [0.25, 0.3) is 0 Å². The molecule has 0 heterocycles. The van der Waals surface area contributed by atoms with Crippen molar-refractivity contribution in [2.24, 2.45) is 0 Å². The van der Waals surface area contributed by atoms with Gasteiger partial charge in [0.2, 0.25) is 0 Å². The molecule has 0 amide bonds. The summed E-state index contributed by atoms with van der Waals surface area (Å²) in [5, 5.41) is 8.97. The third-order valence-electron chi connectivity index (χ3n) is 3.12. The number of carboxylic acids is 1. The van der Waals surface area contributed by atoms with Gasteiger partial charge in [0.05, 0.1) is 0 Å². The van der Waals surface area contributed by atoms with Gasteiger partial charge in [-0.3, -0.25) is 4.79 Å². The van der Waals surface area contributed by atoms with Crippen LogP contribution in [0.5, 0.6) is 0 Å². The molecule has 0 radical (unpaired) electrons. The van der Waals surface area contributed by atoms with E-state index >= 15 is 0 Å². The predicted molar refractivity (Wildman–Crippen MR) is 68.4 cm³/mol. The van der Waals surface area contributed by atoms with Crippen LogP contribution in [-0.4, -0.2) is 31.6 Å². The fourth-order valence-corrected chi connectivity index (χ4v) is 3.46. The van der Waals surface area contributed by atoms with Crippen molar-refractivity contribution < 1.29 is 18.3 Å². The second-order valence-electron chi connectivity index (χ2n) is 4.75. The molecule has 1 aliphatic carbocycles. The van der Waals surface area contributed by atoms with E-state index in [9.17, 15) is 13.2 Å². The normalized spacial score (nSPS) is 18.9. The van der Waals surface area contributed by atoms with Crippen LogP contribution in [0.3, 0.4) is 0 Å². The molecule has 0 unspecified atom stereocenters. The van der Waals surface area contributed by atoms with Gasteiger partial charge in [-0.15, -0.1) is 0 Å². The zero-order valence-electron chi connectivity index (χ0n) is 10.7. The summed E-state index contributed by atoms with van der Waals surface area (Å²) < 4.78 is 28.3. The topological polar surface area (TPSA) is 95.5 Å². The number of aliphatic carboxylic acids is 1. The van der Waals surface area contributed by atoms with E-state index in [4.69, 9.17) is 5.11 Å². The molecule has 1 saturated carbocycles. The maximum Gasteiger partial charge on any atom is 0.321 e. The van der Waals surface area contributed by atoms with E-state index in [0.29, 0.717) is 12.8 Å². The molecule has 1 atom stereocenters. The summed E-state index contributed by atoms with van der Waals surface area (Å²) in [5.41, 5.74) is 0. The Hall–Kier alpha value is -0.660. The highest BCUT2D eigenvalue weighted by Crippen LogP contribution is 2.18. The quantitative estimate of drug-likeness (QED) is 0.617. The van der Waals surface area contributed by atoms with Crippen LogP contribution in [0.1, 0.15) is 51.9 Å². The fourth-order valence-electron chi connectivity index (χ4n) is 2.13. The van der Waals surface area contributed by atoms with Crippen LogP contribution in [0.4, 0.5) is 0 Å².